The van der Waals surface area contributed by atoms with Gasteiger partial charge in [-0.15, -0.1) is 12.4 Å². The molecule has 0 radical (unpaired) electrons. The molecule has 2 aromatic rings. The molecule has 0 saturated carbocycles. The van der Waals surface area contributed by atoms with Crippen LogP contribution in [-0.2, 0) is 11.4 Å². The number of anilines is 1. The van der Waals surface area contributed by atoms with Gasteiger partial charge in [-0.25, -0.2) is 4.39 Å². The number of hydrogen-bond acceptors (Lipinski definition) is 3. The van der Waals surface area contributed by atoms with E-state index < -0.39 is 0 Å². The van der Waals surface area contributed by atoms with E-state index in [1.54, 1.807) is 6.07 Å². The first kappa shape index (κ1) is 20.2. The summed E-state index contributed by atoms with van der Waals surface area (Å²) in [5.74, 6) is 0.865. The molecule has 2 N–H and O–H groups in total. The zero-order valence-electron chi connectivity index (χ0n) is 14.9. The van der Waals surface area contributed by atoms with Gasteiger partial charge >= 0.3 is 0 Å². The summed E-state index contributed by atoms with van der Waals surface area (Å²) in [5, 5.41) is 6.19. The molecule has 3 rings (SSSR count). The summed E-state index contributed by atoms with van der Waals surface area (Å²) < 4.78 is 18.9. The number of aryl methyl sites for hydroxylation is 1. The Morgan fingerprint density at radius 3 is 2.69 bits per heavy atom. The standard InChI is InChI=1S/C20H23FN2O2.ClH/c1-13-8-18(25-12-15-4-3-5-17(21)9-15)6-7-19(13)23-20(24)14(2)16-10-22-11-16;/h3-9,14,16,22H,10-12H2,1-2H3,(H,23,24);1H. The summed E-state index contributed by atoms with van der Waals surface area (Å²) in [5.41, 5.74) is 2.50. The average Bonchev–Trinajstić information content (AvgIpc) is 2.53. The van der Waals surface area contributed by atoms with Gasteiger partial charge in [-0.3, -0.25) is 4.79 Å². The van der Waals surface area contributed by atoms with Crippen LogP contribution in [0.1, 0.15) is 18.1 Å². The second kappa shape index (κ2) is 9.01. The van der Waals surface area contributed by atoms with Crippen molar-refractivity contribution in [3.05, 3.63) is 59.4 Å². The van der Waals surface area contributed by atoms with Crippen molar-refractivity contribution in [1.82, 2.24) is 5.32 Å². The third kappa shape index (κ3) is 4.96. The minimum atomic E-state index is -0.272. The average molecular weight is 379 g/mol. The fourth-order valence-corrected chi connectivity index (χ4v) is 2.78. The second-order valence-electron chi connectivity index (χ2n) is 6.59. The maximum atomic E-state index is 13.2. The minimum Gasteiger partial charge on any atom is -0.489 e. The number of hydrogen-bond donors (Lipinski definition) is 2. The predicted octanol–water partition coefficient (Wildman–Crippen LogP) is 3.93. The van der Waals surface area contributed by atoms with E-state index in [0.717, 1.165) is 29.9 Å². The molecular weight excluding hydrogens is 355 g/mol. The van der Waals surface area contributed by atoms with E-state index in [4.69, 9.17) is 4.74 Å². The van der Waals surface area contributed by atoms with Crippen LogP contribution in [0.25, 0.3) is 0 Å². The fourth-order valence-electron chi connectivity index (χ4n) is 2.78. The number of rotatable bonds is 6. The Balaban J connectivity index is 0.00000243. The number of halogens is 2. The maximum Gasteiger partial charge on any atom is 0.227 e. The highest BCUT2D eigenvalue weighted by Crippen LogP contribution is 2.24. The van der Waals surface area contributed by atoms with Gasteiger partial charge in [-0.1, -0.05) is 19.1 Å². The van der Waals surface area contributed by atoms with Crippen LogP contribution >= 0.6 is 12.4 Å². The van der Waals surface area contributed by atoms with Crippen molar-refractivity contribution in [3.63, 3.8) is 0 Å². The minimum absolute atomic E-state index is 0. The Labute approximate surface area is 159 Å². The first-order valence-corrected chi connectivity index (χ1v) is 8.52. The molecule has 1 fully saturated rings. The normalized spacial score (nSPS) is 14.7. The van der Waals surface area contributed by atoms with E-state index in [2.05, 4.69) is 10.6 Å². The second-order valence-corrected chi connectivity index (χ2v) is 6.59. The summed E-state index contributed by atoms with van der Waals surface area (Å²) in [6, 6.07) is 11.9. The molecule has 0 aliphatic carbocycles. The quantitative estimate of drug-likeness (QED) is 0.800. The Morgan fingerprint density at radius 1 is 1.31 bits per heavy atom. The lowest BCUT2D eigenvalue weighted by Crippen LogP contribution is -2.48. The molecule has 1 amide bonds. The Bertz CT molecular complexity index is 765. The molecule has 1 aliphatic rings. The van der Waals surface area contributed by atoms with Crippen molar-refractivity contribution in [2.24, 2.45) is 11.8 Å². The van der Waals surface area contributed by atoms with Gasteiger partial charge in [-0.05, 0) is 67.4 Å². The lowest BCUT2D eigenvalue weighted by Gasteiger charge is -2.31. The van der Waals surface area contributed by atoms with Crippen LogP contribution in [0.5, 0.6) is 5.75 Å². The van der Waals surface area contributed by atoms with Crippen molar-refractivity contribution in [2.45, 2.75) is 20.5 Å². The topological polar surface area (TPSA) is 50.4 Å². The van der Waals surface area contributed by atoms with E-state index in [1.807, 2.05) is 38.1 Å². The van der Waals surface area contributed by atoms with Crippen LogP contribution in [0.4, 0.5) is 10.1 Å². The van der Waals surface area contributed by atoms with E-state index in [-0.39, 0.29) is 30.0 Å². The number of amides is 1. The van der Waals surface area contributed by atoms with Crippen molar-refractivity contribution >= 4 is 24.0 Å². The summed E-state index contributed by atoms with van der Waals surface area (Å²) in [6.07, 6.45) is 0. The molecule has 1 aliphatic heterocycles. The van der Waals surface area contributed by atoms with Crippen LogP contribution in [0.15, 0.2) is 42.5 Å². The molecule has 1 heterocycles. The number of carbonyl (C=O) groups is 1. The van der Waals surface area contributed by atoms with Crippen molar-refractivity contribution in [3.8, 4) is 5.75 Å². The highest BCUT2D eigenvalue weighted by atomic mass is 35.5. The SMILES string of the molecule is Cc1cc(OCc2cccc(F)c2)ccc1NC(=O)C(C)C1CNC1.Cl. The van der Waals surface area contributed by atoms with Gasteiger partial charge in [0, 0.05) is 11.6 Å². The Kier molecular flexibility index (Phi) is 7.00. The summed E-state index contributed by atoms with van der Waals surface area (Å²) in [7, 11) is 0. The van der Waals surface area contributed by atoms with Crippen molar-refractivity contribution in [1.29, 1.82) is 0 Å². The molecule has 2 aromatic carbocycles. The first-order chi connectivity index (χ1) is 12.0. The highest BCUT2D eigenvalue weighted by Gasteiger charge is 2.28. The van der Waals surface area contributed by atoms with Crippen LogP contribution in [0.2, 0.25) is 0 Å². The number of carbonyl (C=O) groups excluding carboxylic acids is 1. The van der Waals surface area contributed by atoms with Gasteiger partial charge in [0.05, 0.1) is 0 Å². The molecule has 1 saturated heterocycles. The van der Waals surface area contributed by atoms with E-state index in [0.29, 0.717) is 18.3 Å². The first-order valence-electron chi connectivity index (χ1n) is 8.52. The number of benzene rings is 2. The monoisotopic (exact) mass is 378 g/mol. The predicted molar refractivity (Wildman–Crippen MR) is 103 cm³/mol. The smallest absolute Gasteiger partial charge is 0.227 e. The van der Waals surface area contributed by atoms with Gasteiger partial charge < -0.3 is 15.4 Å². The number of nitrogens with one attached hydrogen (secondary N) is 2. The van der Waals surface area contributed by atoms with Crippen molar-refractivity contribution in [2.75, 3.05) is 18.4 Å². The summed E-state index contributed by atoms with van der Waals surface area (Å²) >= 11 is 0. The number of ether oxygens (including phenoxy) is 1. The highest BCUT2D eigenvalue weighted by molar-refractivity contribution is 5.93. The van der Waals surface area contributed by atoms with Gasteiger partial charge in [-0.2, -0.15) is 0 Å². The van der Waals surface area contributed by atoms with Crippen LogP contribution in [0.3, 0.4) is 0 Å². The Hall–Kier alpha value is -2.11. The van der Waals surface area contributed by atoms with Crippen LogP contribution in [-0.4, -0.2) is 19.0 Å². The van der Waals surface area contributed by atoms with Gasteiger partial charge in [0.1, 0.15) is 18.2 Å². The van der Waals surface area contributed by atoms with Crippen LogP contribution in [0, 0.1) is 24.6 Å². The largest absolute Gasteiger partial charge is 0.489 e. The molecule has 1 unspecified atom stereocenters. The molecule has 4 nitrogen and oxygen atoms in total. The van der Waals surface area contributed by atoms with Crippen molar-refractivity contribution < 1.29 is 13.9 Å². The summed E-state index contributed by atoms with van der Waals surface area (Å²) in [4.78, 5) is 12.3. The molecule has 0 bridgehead atoms. The molecular formula is C20H24ClFN2O2. The molecule has 140 valence electrons. The summed E-state index contributed by atoms with van der Waals surface area (Å²) in [6.45, 7) is 6.00. The Morgan fingerprint density at radius 2 is 2.08 bits per heavy atom. The van der Waals surface area contributed by atoms with E-state index >= 15 is 0 Å². The van der Waals surface area contributed by atoms with Crippen LogP contribution < -0.4 is 15.4 Å². The zero-order chi connectivity index (χ0) is 17.8. The lowest BCUT2D eigenvalue weighted by atomic mass is 9.88. The fraction of sp³-hybridized carbons (Fsp3) is 0.350. The third-order valence-corrected chi connectivity index (χ3v) is 4.68. The molecule has 6 heteroatoms. The third-order valence-electron chi connectivity index (χ3n) is 4.68. The van der Waals surface area contributed by atoms with Gasteiger partial charge in [0.25, 0.3) is 0 Å². The zero-order valence-corrected chi connectivity index (χ0v) is 15.7. The van der Waals surface area contributed by atoms with E-state index in [1.165, 1.54) is 12.1 Å². The molecule has 0 spiro atoms. The molecule has 26 heavy (non-hydrogen) atoms. The maximum absolute atomic E-state index is 13.2. The van der Waals surface area contributed by atoms with Gasteiger partial charge in [0.15, 0.2) is 0 Å². The molecule has 0 aromatic heterocycles. The molecule has 1 atom stereocenters. The van der Waals surface area contributed by atoms with Gasteiger partial charge in [0.2, 0.25) is 5.91 Å². The lowest BCUT2D eigenvalue weighted by molar-refractivity contribution is -0.121. The van der Waals surface area contributed by atoms with E-state index in [9.17, 15) is 9.18 Å².